The predicted octanol–water partition coefficient (Wildman–Crippen LogP) is 4.30. The highest BCUT2D eigenvalue weighted by Crippen LogP contribution is 2.17. The lowest BCUT2D eigenvalue weighted by molar-refractivity contribution is -0.116. The number of benzene rings is 2. The van der Waals surface area contributed by atoms with Gasteiger partial charge in [-0.05, 0) is 23.6 Å². The first kappa shape index (κ1) is 19.1. The van der Waals surface area contributed by atoms with Crippen molar-refractivity contribution in [2.45, 2.75) is 19.4 Å². The summed E-state index contributed by atoms with van der Waals surface area (Å²) in [6.07, 6.45) is 1.01. The molecule has 2 amide bonds. The first-order valence-corrected chi connectivity index (χ1v) is 9.68. The molecule has 0 radical (unpaired) electrons. The monoisotopic (exact) mass is 399 g/mol. The Morgan fingerprint density at radius 2 is 1.78 bits per heavy atom. The third-order valence-corrected chi connectivity index (χ3v) is 4.99. The smallest absolute Gasteiger partial charge is 0.271 e. The van der Waals surface area contributed by atoms with Crippen molar-refractivity contribution in [1.29, 1.82) is 0 Å². The third-order valence-electron chi connectivity index (χ3n) is 3.86. The fourth-order valence-electron chi connectivity index (χ4n) is 2.43. The first-order chi connectivity index (χ1) is 13.1. The van der Waals surface area contributed by atoms with Gasteiger partial charge in [-0.25, -0.2) is 4.98 Å². The van der Waals surface area contributed by atoms with Crippen molar-refractivity contribution in [3.63, 3.8) is 0 Å². The minimum atomic E-state index is -0.309. The number of rotatable bonds is 7. The minimum absolute atomic E-state index is 0.128. The number of nitrogens with one attached hydrogen (secondary N) is 2. The molecule has 0 aliphatic carbocycles. The van der Waals surface area contributed by atoms with Crippen molar-refractivity contribution in [3.8, 4) is 0 Å². The lowest BCUT2D eigenvalue weighted by Gasteiger charge is -2.05. The van der Waals surface area contributed by atoms with Crippen LogP contribution in [0.4, 0.5) is 5.13 Å². The summed E-state index contributed by atoms with van der Waals surface area (Å²) < 4.78 is 0. The summed E-state index contributed by atoms with van der Waals surface area (Å²) >= 11 is 7.30. The highest BCUT2D eigenvalue weighted by atomic mass is 35.5. The molecule has 3 aromatic rings. The molecule has 1 heterocycles. The minimum Gasteiger partial charge on any atom is -0.347 e. The second-order valence-electron chi connectivity index (χ2n) is 5.85. The number of anilines is 1. The van der Waals surface area contributed by atoms with Gasteiger partial charge in [0.2, 0.25) is 5.91 Å². The number of hydrogen-bond acceptors (Lipinski definition) is 4. The van der Waals surface area contributed by atoms with E-state index in [-0.39, 0.29) is 17.5 Å². The van der Waals surface area contributed by atoms with Gasteiger partial charge >= 0.3 is 0 Å². The Labute approximate surface area is 166 Å². The summed E-state index contributed by atoms with van der Waals surface area (Å²) in [6.45, 7) is 0.314. The fraction of sp³-hybridized carbons (Fsp3) is 0.150. The molecule has 0 unspecified atom stereocenters. The van der Waals surface area contributed by atoms with Gasteiger partial charge in [0.15, 0.2) is 5.13 Å². The summed E-state index contributed by atoms with van der Waals surface area (Å²) in [5, 5.41) is 8.15. The van der Waals surface area contributed by atoms with E-state index in [1.165, 1.54) is 11.3 Å². The lowest BCUT2D eigenvalue weighted by atomic mass is 10.1. The number of hydrogen-bond donors (Lipinski definition) is 2. The topological polar surface area (TPSA) is 71.1 Å². The number of halogens is 1. The van der Waals surface area contributed by atoms with Crippen molar-refractivity contribution in [3.05, 3.63) is 81.8 Å². The maximum Gasteiger partial charge on any atom is 0.271 e. The van der Waals surface area contributed by atoms with Crippen molar-refractivity contribution in [2.75, 3.05) is 5.32 Å². The number of aromatic nitrogens is 1. The van der Waals surface area contributed by atoms with E-state index in [0.717, 1.165) is 11.1 Å². The van der Waals surface area contributed by atoms with E-state index in [9.17, 15) is 9.59 Å². The van der Waals surface area contributed by atoms with Gasteiger partial charge in [0.25, 0.3) is 5.91 Å². The summed E-state index contributed by atoms with van der Waals surface area (Å²) in [6, 6.07) is 17.1. The van der Waals surface area contributed by atoms with Crippen LogP contribution in [0.15, 0.2) is 60.0 Å². The van der Waals surface area contributed by atoms with Gasteiger partial charge in [0, 0.05) is 23.4 Å². The number of carbonyl (C=O) groups is 2. The highest BCUT2D eigenvalue weighted by molar-refractivity contribution is 7.14. The van der Waals surface area contributed by atoms with Gasteiger partial charge in [-0.3, -0.25) is 9.59 Å². The van der Waals surface area contributed by atoms with E-state index in [1.807, 2.05) is 48.5 Å². The van der Waals surface area contributed by atoms with E-state index in [2.05, 4.69) is 15.6 Å². The van der Waals surface area contributed by atoms with Crippen LogP contribution in [0, 0.1) is 0 Å². The highest BCUT2D eigenvalue weighted by Gasteiger charge is 2.13. The van der Waals surface area contributed by atoms with Crippen molar-refractivity contribution in [2.24, 2.45) is 0 Å². The van der Waals surface area contributed by atoms with Crippen LogP contribution in [0.1, 0.15) is 28.0 Å². The van der Waals surface area contributed by atoms with Crippen LogP contribution >= 0.6 is 22.9 Å². The zero-order valence-electron chi connectivity index (χ0n) is 14.4. The molecule has 0 spiro atoms. The normalized spacial score (nSPS) is 10.4. The lowest BCUT2D eigenvalue weighted by Crippen LogP contribution is -2.23. The van der Waals surface area contributed by atoms with Crippen molar-refractivity contribution in [1.82, 2.24) is 10.3 Å². The van der Waals surface area contributed by atoms with Crippen LogP contribution in [0.5, 0.6) is 0 Å². The molecule has 2 N–H and O–H groups in total. The largest absolute Gasteiger partial charge is 0.347 e. The van der Waals surface area contributed by atoms with Crippen LogP contribution in [-0.4, -0.2) is 16.8 Å². The van der Waals surface area contributed by atoms with E-state index < -0.39 is 0 Å². The fourth-order valence-corrected chi connectivity index (χ4v) is 3.34. The van der Waals surface area contributed by atoms with Gasteiger partial charge in [-0.1, -0.05) is 60.1 Å². The Balaban J connectivity index is 1.49. The summed E-state index contributed by atoms with van der Waals surface area (Å²) in [4.78, 5) is 28.5. The van der Waals surface area contributed by atoms with Crippen molar-refractivity contribution < 1.29 is 9.59 Å². The maximum absolute atomic E-state index is 12.2. The molecule has 5 nitrogen and oxygen atoms in total. The molecule has 7 heteroatoms. The molecule has 0 atom stereocenters. The SMILES string of the molecule is O=C(CCc1ccccc1)Nc1nc(C(=O)NCc2ccccc2Cl)cs1. The number of carbonyl (C=O) groups excluding carboxylic acids is 2. The van der Waals surface area contributed by atoms with Crippen LogP contribution in [0.3, 0.4) is 0 Å². The van der Waals surface area contributed by atoms with Crippen LogP contribution < -0.4 is 10.6 Å². The molecule has 3 rings (SSSR count). The number of nitrogens with zero attached hydrogens (tertiary/aromatic N) is 1. The Morgan fingerprint density at radius 3 is 2.56 bits per heavy atom. The molecule has 138 valence electrons. The second-order valence-corrected chi connectivity index (χ2v) is 7.11. The zero-order valence-corrected chi connectivity index (χ0v) is 16.0. The summed E-state index contributed by atoms with van der Waals surface area (Å²) in [5.41, 5.74) is 2.20. The van der Waals surface area contributed by atoms with Gasteiger partial charge in [0.1, 0.15) is 5.69 Å². The third kappa shape index (κ3) is 5.64. The number of aryl methyl sites for hydroxylation is 1. The molecule has 0 aliphatic heterocycles. The van der Waals surface area contributed by atoms with Gasteiger partial charge < -0.3 is 10.6 Å². The van der Waals surface area contributed by atoms with Gasteiger partial charge in [0.05, 0.1) is 0 Å². The average Bonchev–Trinajstić information content (AvgIpc) is 3.15. The molecular weight excluding hydrogens is 382 g/mol. The molecule has 0 saturated carbocycles. The average molecular weight is 400 g/mol. The number of thiazole rings is 1. The molecule has 0 bridgehead atoms. The van der Waals surface area contributed by atoms with Gasteiger partial charge in [-0.2, -0.15) is 0 Å². The molecule has 0 fully saturated rings. The molecule has 27 heavy (non-hydrogen) atoms. The zero-order chi connectivity index (χ0) is 19.1. The Morgan fingerprint density at radius 1 is 1.04 bits per heavy atom. The van der Waals surface area contributed by atoms with Crippen LogP contribution in [0.2, 0.25) is 5.02 Å². The quantitative estimate of drug-likeness (QED) is 0.622. The van der Waals surface area contributed by atoms with Crippen LogP contribution in [0.25, 0.3) is 0 Å². The van der Waals surface area contributed by atoms with Gasteiger partial charge in [-0.15, -0.1) is 11.3 Å². The molecule has 2 aromatic carbocycles. The second kappa shape index (κ2) is 9.30. The molecule has 0 saturated heterocycles. The van der Waals surface area contributed by atoms with E-state index in [4.69, 9.17) is 11.6 Å². The number of amides is 2. The summed E-state index contributed by atoms with van der Waals surface area (Å²) in [5.74, 6) is -0.438. The molecule has 1 aromatic heterocycles. The van der Waals surface area contributed by atoms with Crippen LogP contribution in [-0.2, 0) is 17.8 Å². The van der Waals surface area contributed by atoms with E-state index >= 15 is 0 Å². The predicted molar refractivity (Wildman–Crippen MR) is 108 cm³/mol. The standard InChI is InChI=1S/C20H18ClN3O2S/c21-16-9-5-4-8-15(16)12-22-19(26)17-13-27-20(23-17)24-18(25)11-10-14-6-2-1-3-7-14/h1-9,13H,10-12H2,(H,22,26)(H,23,24,25). The van der Waals surface area contributed by atoms with E-state index in [1.54, 1.807) is 11.4 Å². The first-order valence-electron chi connectivity index (χ1n) is 8.43. The van der Waals surface area contributed by atoms with Crippen molar-refractivity contribution >= 4 is 39.9 Å². The summed E-state index contributed by atoms with van der Waals surface area (Å²) in [7, 11) is 0. The Hall–Kier alpha value is -2.70. The molecular formula is C20H18ClN3O2S. The molecule has 0 aliphatic rings. The Bertz CT molecular complexity index is 928. The Kier molecular flexibility index (Phi) is 6.57. The maximum atomic E-state index is 12.2. The van der Waals surface area contributed by atoms with E-state index in [0.29, 0.717) is 29.5 Å².